The van der Waals surface area contributed by atoms with Crippen LogP contribution in [0.25, 0.3) is 0 Å². The van der Waals surface area contributed by atoms with Gasteiger partial charge in [-0.1, -0.05) is 18.2 Å². The summed E-state index contributed by atoms with van der Waals surface area (Å²) in [6, 6.07) is 5.69. The number of esters is 1. The molecule has 0 spiro atoms. The smallest absolute Gasteiger partial charge is 0.313 e. The fourth-order valence-electron chi connectivity index (χ4n) is 1.48. The van der Waals surface area contributed by atoms with E-state index in [4.69, 9.17) is 10.5 Å². The van der Waals surface area contributed by atoms with E-state index in [-0.39, 0.29) is 11.9 Å². The highest BCUT2D eigenvalue weighted by Crippen LogP contribution is 2.25. The molecule has 82 valence electrons. The molecule has 1 aromatic carbocycles. The minimum atomic E-state index is -0.301. The second-order valence-electron chi connectivity index (χ2n) is 3.55. The first-order valence-electron chi connectivity index (χ1n) is 5.09. The summed E-state index contributed by atoms with van der Waals surface area (Å²) in [4.78, 5) is 11.5. The van der Waals surface area contributed by atoms with Gasteiger partial charge in [0.15, 0.2) is 0 Å². The molecule has 0 saturated heterocycles. The van der Waals surface area contributed by atoms with Crippen molar-refractivity contribution in [2.45, 2.75) is 26.7 Å². The Morgan fingerprint density at radius 1 is 1.53 bits per heavy atom. The SMILES string of the molecule is CCOC(=O)C(C)c1cccc(C)c1N. The Hall–Kier alpha value is -1.51. The van der Waals surface area contributed by atoms with Gasteiger partial charge in [-0.2, -0.15) is 0 Å². The highest BCUT2D eigenvalue weighted by Gasteiger charge is 2.18. The number of rotatable bonds is 3. The molecule has 0 fully saturated rings. The minimum Gasteiger partial charge on any atom is -0.466 e. The monoisotopic (exact) mass is 207 g/mol. The third kappa shape index (κ3) is 2.49. The zero-order chi connectivity index (χ0) is 11.4. The fourth-order valence-corrected chi connectivity index (χ4v) is 1.48. The quantitative estimate of drug-likeness (QED) is 0.611. The summed E-state index contributed by atoms with van der Waals surface area (Å²) in [6.07, 6.45) is 0. The Bertz CT molecular complexity index is 361. The van der Waals surface area contributed by atoms with Crippen molar-refractivity contribution < 1.29 is 9.53 Å². The second-order valence-corrected chi connectivity index (χ2v) is 3.55. The van der Waals surface area contributed by atoms with Gasteiger partial charge in [0.1, 0.15) is 0 Å². The van der Waals surface area contributed by atoms with Crippen LogP contribution in [0.5, 0.6) is 0 Å². The van der Waals surface area contributed by atoms with Gasteiger partial charge in [-0.25, -0.2) is 0 Å². The van der Waals surface area contributed by atoms with Gasteiger partial charge in [0, 0.05) is 5.69 Å². The molecule has 1 atom stereocenters. The zero-order valence-corrected chi connectivity index (χ0v) is 9.41. The lowest BCUT2D eigenvalue weighted by molar-refractivity contribution is -0.144. The van der Waals surface area contributed by atoms with E-state index in [0.29, 0.717) is 12.3 Å². The number of nitrogens with two attached hydrogens (primary N) is 1. The van der Waals surface area contributed by atoms with Crippen LogP contribution in [0.15, 0.2) is 18.2 Å². The lowest BCUT2D eigenvalue weighted by atomic mass is 9.97. The van der Waals surface area contributed by atoms with E-state index in [9.17, 15) is 4.79 Å². The molecule has 0 radical (unpaired) electrons. The van der Waals surface area contributed by atoms with Crippen LogP contribution in [-0.4, -0.2) is 12.6 Å². The molecule has 0 bridgehead atoms. The van der Waals surface area contributed by atoms with E-state index in [2.05, 4.69) is 0 Å². The van der Waals surface area contributed by atoms with Crippen LogP contribution >= 0.6 is 0 Å². The molecule has 2 N–H and O–H groups in total. The summed E-state index contributed by atoms with van der Waals surface area (Å²) in [5.74, 6) is -0.528. The lowest BCUT2D eigenvalue weighted by Crippen LogP contribution is -2.14. The van der Waals surface area contributed by atoms with Crippen LogP contribution in [0, 0.1) is 6.92 Å². The molecule has 1 unspecified atom stereocenters. The molecule has 3 heteroatoms. The van der Waals surface area contributed by atoms with Crippen molar-refractivity contribution in [2.24, 2.45) is 0 Å². The lowest BCUT2D eigenvalue weighted by Gasteiger charge is -2.14. The van der Waals surface area contributed by atoms with Gasteiger partial charge in [-0.15, -0.1) is 0 Å². The van der Waals surface area contributed by atoms with E-state index in [1.807, 2.05) is 32.0 Å². The van der Waals surface area contributed by atoms with E-state index >= 15 is 0 Å². The van der Waals surface area contributed by atoms with Gasteiger partial charge in [0.05, 0.1) is 12.5 Å². The average Bonchev–Trinajstić information content (AvgIpc) is 2.21. The molecule has 1 aromatic rings. The largest absolute Gasteiger partial charge is 0.466 e. The number of anilines is 1. The number of benzene rings is 1. The predicted octanol–water partition coefficient (Wildman–Crippen LogP) is 2.24. The van der Waals surface area contributed by atoms with E-state index in [0.717, 1.165) is 11.1 Å². The third-order valence-corrected chi connectivity index (χ3v) is 2.46. The van der Waals surface area contributed by atoms with E-state index in [1.54, 1.807) is 6.92 Å². The molecule has 0 amide bonds. The zero-order valence-electron chi connectivity index (χ0n) is 9.41. The summed E-state index contributed by atoms with van der Waals surface area (Å²) in [5, 5.41) is 0. The van der Waals surface area contributed by atoms with Crippen LogP contribution < -0.4 is 5.73 Å². The minimum absolute atomic E-state index is 0.227. The standard InChI is InChI=1S/C12H17NO2/c1-4-15-12(14)9(3)10-7-5-6-8(2)11(10)13/h5-7,9H,4,13H2,1-3H3. The molecule has 0 heterocycles. The van der Waals surface area contributed by atoms with Gasteiger partial charge in [-0.05, 0) is 31.9 Å². The highest BCUT2D eigenvalue weighted by atomic mass is 16.5. The van der Waals surface area contributed by atoms with Gasteiger partial charge >= 0.3 is 5.97 Å². The maximum Gasteiger partial charge on any atom is 0.313 e. The summed E-state index contributed by atoms with van der Waals surface area (Å²) in [5.41, 5.74) is 8.42. The molecule has 15 heavy (non-hydrogen) atoms. The number of hydrogen-bond donors (Lipinski definition) is 1. The number of carbonyl (C=O) groups is 1. The topological polar surface area (TPSA) is 52.3 Å². The van der Waals surface area contributed by atoms with Gasteiger partial charge in [0.25, 0.3) is 0 Å². The van der Waals surface area contributed by atoms with E-state index < -0.39 is 0 Å². The van der Waals surface area contributed by atoms with Gasteiger partial charge in [-0.3, -0.25) is 4.79 Å². The van der Waals surface area contributed by atoms with Crippen molar-refractivity contribution >= 4 is 11.7 Å². The van der Waals surface area contributed by atoms with Crippen LogP contribution in [0.4, 0.5) is 5.69 Å². The Morgan fingerprint density at radius 2 is 2.20 bits per heavy atom. The van der Waals surface area contributed by atoms with Crippen LogP contribution in [0.3, 0.4) is 0 Å². The Kier molecular flexibility index (Phi) is 3.72. The summed E-state index contributed by atoms with van der Waals surface area (Å²) in [6.45, 7) is 5.93. The predicted molar refractivity (Wildman–Crippen MR) is 60.6 cm³/mol. The highest BCUT2D eigenvalue weighted by molar-refractivity contribution is 5.80. The van der Waals surface area contributed by atoms with Crippen molar-refractivity contribution in [3.63, 3.8) is 0 Å². The molecule has 0 aliphatic rings. The fraction of sp³-hybridized carbons (Fsp3) is 0.417. The normalized spacial score (nSPS) is 12.2. The number of carbonyl (C=O) groups excluding carboxylic acids is 1. The number of para-hydroxylation sites is 1. The first kappa shape index (κ1) is 11.6. The molecule has 0 aromatic heterocycles. The Morgan fingerprint density at radius 3 is 2.80 bits per heavy atom. The Labute approximate surface area is 90.2 Å². The maximum absolute atomic E-state index is 11.5. The molecule has 3 nitrogen and oxygen atoms in total. The third-order valence-electron chi connectivity index (χ3n) is 2.46. The molecule has 0 aliphatic heterocycles. The number of hydrogen-bond acceptors (Lipinski definition) is 3. The molecule has 0 aliphatic carbocycles. The maximum atomic E-state index is 11.5. The second kappa shape index (κ2) is 4.82. The van der Waals surface area contributed by atoms with Crippen LogP contribution in [-0.2, 0) is 9.53 Å². The molecular weight excluding hydrogens is 190 g/mol. The van der Waals surface area contributed by atoms with Crippen molar-refractivity contribution in [1.82, 2.24) is 0 Å². The molecule has 1 rings (SSSR count). The van der Waals surface area contributed by atoms with Crippen molar-refractivity contribution in [3.05, 3.63) is 29.3 Å². The number of aryl methyl sites for hydroxylation is 1. The van der Waals surface area contributed by atoms with Crippen molar-refractivity contribution in [2.75, 3.05) is 12.3 Å². The van der Waals surface area contributed by atoms with Crippen LogP contribution in [0.1, 0.15) is 30.9 Å². The van der Waals surface area contributed by atoms with Crippen molar-refractivity contribution in [1.29, 1.82) is 0 Å². The molecular formula is C12H17NO2. The van der Waals surface area contributed by atoms with Gasteiger partial charge < -0.3 is 10.5 Å². The number of nitrogen functional groups attached to an aromatic ring is 1. The summed E-state index contributed by atoms with van der Waals surface area (Å²) < 4.78 is 4.96. The average molecular weight is 207 g/mol. The first-order chi connectivity index (χ1) is 7.07. The van der Waals surface area contributed by atoms with E-state index in [1.165, 1.54) is 0 Å². The molecule has 0 saturated carbocycles. The van der Waals surface area contributed by atoms with Gasteiger partial charge in [0.2, 0.25) is 0 Å². The van der Waals surface area contributed by atoms with Crippen molar-refractivity contribution in [3.8, 4) is 0 Å². The number of ether oxygens (including phenoxy) is 1. The summed E-state index contributed by atoms with van der Waals surface area (Å²) in [7, 11) is 0. The summed E-state index contributed by atoms with van der Waals surface area (Å²) >= 11 is 0. The first-order valence-corrected chi connectivity index (χ1v) is 5.09. The van der Waals surface area contributed by atoms with Crippen LogP contribution in [0.2, 0.25) is 0 Å². The Balaban J connectivity index is 2.96.